The zero-order chi connectivity index (χ0) is 15.4. The van der Waals surface area contributed by atoms with Gasteiger partial charge in [0.2, 0.25) is 0 Å². The number of hydrogen-bond donors (Lipinski definition) is 2. The predicted molar refractivity (Wildman–Crippen MR) is 86.2 cm³/mol. The Labute approximate surface area is 128 Å². The van der Waals surface area contributed by atoms with Gasteiger partial charge in [-0.1, -0.05) is 11.6 Å². The van der Waals surface area contributed by atoms with E-state index in [0.717, 1.165) is 17.0 Å². The van der Waals surface area contributed by atoms with Crippen molar-refractivity contribution in [1.29, 1.82) is 0 Å². The molecular formula is C16H17ClN2O2. The lowest BCUT2D eigenvalue weighted by atomic mass is 10.1. The summed E-state index contributed by atoms with van der Waals surface area (Å²) in [5.41, 5.74) is 8.20. The van der Waals surface area contributed by atoms with Gasteiger partial charge in [0.1, 0.15) is 5.75 Å². The van der Waals surface area contributed by atoms with E-state index >= 15 is 0 Å². The van der Waals surface area contributed by atoms with Crippen LogP contribution in [0.3, 0.4) is 0 Å². The summed E-state index contributed by atoms with van der Waals surface area (Å²) in [5.74, 6) is 0.549. The molecule has 5 heteroatoms. The van der Waals surface area contributed by atoms with Crippen molar-refractivity contribution >= 4 is 28.9 Å². The molecule has 0 saturated carbocycles. The maximum Gasteiger partial charge on any atom is 0.255 e. The van der Waals surface area contributed by atoms with Crippen LogP contribution in [0.25, 0.3) is 0 Å². The lowest BCUT2D eigenvalue weighted by Gasteiger charge is -2.11. The molecule has 0 aliphatic rings. The van der Waals surface area contributed by atoms with Crippen LogP contribution in [0.15, 0.2) is 36.4 Å². The Morgan fingerprint density at radius 2 is 2.05 bits per heavy atom. The number of nitrogens with one attached hydrogen (secondary N) is 1. The van der Waals surface area contributed by atoms with Crippen LogP contribution >= 0.6 is 11.6 Å². The summed E-state index contributed by atoms with van der Waals surface area (Å²) in [7, 11) is 0. The van der Waals surface area contributed by atoms with Crippen molar-refractivity contribution in [2.24, 2.45) is 0 Å². The van der Waals surface area contributed by atoms with Crippen LogP contribution < -0.4 is 15.8 Å². The Bertz CT molecular complexity index is 671. The molecule has 0 aliphatic heterocycles. The highest BCUT2D eigenvalue weighted by Gasteiger charge is 2.10. The molecule has 110 valence electrons. The van der Waals surface area contributed by atoms with Gasteiger partial charge in [-0.05, 0) is 55.8 Å². The normalized spacial score (nSPS) is 10.2. The highest BCUT2D eigenvalue weighted by molar-refractivity contribution is 6.33. The number of rotatable bonds is 4. The number of nitrogens with two attached hydrogens (primary N) is 1. The molecule has 0 spiro atoms. The zero-order valence-electron chi connectivity index (χ0n) is 11.9. The molecule has 0 aromatic heterocycles. The van der Waals surface area contributed by atoms with E-state index in [1.54, 1.807) is 18.2 Å². The van der Waals surface area contributed by atoms with Crippen LogP contribution in [-0.4, -0.2) is 12.5 Å². The molecule has 4 nitrogen and oxygen atoms in total. The summed E-state index contributed by atoms with van der Waals surface area (Å²) < 4.78 is 5.42. The summed E-state index contributed by atoms with van der Waals surface area (Å²) in [5, 5.41) is 3.22. The minimum atomic E-state index is -0.232. The van der Waals surface area contributed by atoms with Crippen LogP contribution in [0.1, 0.15) is 22.8 Å². The first-order valence-corrected chi connectivity index (χ1v) is 6.99. The molecule has 2 aromatic carbocycles. The SMILES string of the molecule is CCOc1ccc(NC(=O)c2ccc(N)c(Cl)c2)c(C)c1. The minimum absolute atomic E-state index is 0.232. The molecule has 0 bridgehead atoms. The van der Waals surface area contributed by atoms with E-state index in [-0.39, 0.29) is 5.91 Å². The number of carbonyl (C=O) groups excluding carboxylic acids is 1. The van der Waals surface area contributed by atoms with Crippen molar-refractivity contribution in [3.8, 4) is 5.75 Å². The number of amides is 1. The van der Waals surface area contributed by atoms with Gasteiger partial charge in [-0.15, -0.1) is 0 Å². The molecular weight excluding hydrogens is 288 g/mol. The third-order valence-corrected chi connectivity index (χ3v) is 3.35. The summed E-state index contributed by atoms with van der Waals surface area (Å²) in [6.45, 7) is 4.44. The van der Waals surface area contributed by atoms with Crippen LogP contribution in [0, 0.1) is 6.92 Å². The highest BCUT2D eigenvalue weighted by Crippen LogP contribution is 2.23. The molecule has 0 atom stereocenters. The lowest BCUT2D eigenvalue weighted by Crippen LogP contribution is -2.13. The van der Waals surface area contributed by atoms with Crippen molar-refractivity contribution in [1.82, 2.24) is 0 Å². The van der Waals surface area contributed by atoms with Crippen molar-refractivity contribution in [3.05, 3.63) is 52.5 Å². The molecule has 0 radical (unpaired) electrons. The van der Waals surface area contributed by atoms with Gasteiger partial charge >= 0.3 is 0 Å². The average Bonchev–Trinajstić information content (AvgIpc) is 2.45. The summed E-state index contributed by atoms with van der Waals surface area (Å²) in [4.78, 5) is 12.2. The topological polar surface area (TPSA) is 64.3 Å². The number of aryl methyl sites for hydroxylation is 1. The molecule has 0 saturated heterocycles. The molecule has 21 heavy (non-hydrogen) atoms. The quantitative estimate of drug-likeness (QED) is 0.842. The van der Waals surface area contributed by atoms with E-state index in [2.05, 4.69) is 5.32 Å². The van der Waals surface area contributed by atoms with Gasteiger partial charge in [0.15, 0.2) is 0 Å². The highest BCUT2D eigenvalue weighted by atomic mass is 35.5. The van der Waals surface area contributed by atoms with Crippen LogP contribution in [0.4, 0.5) is 11.4 Å². The molecule has 1 amide bonds. The number of anilines is 2. The van der Waals surface area contributed by atoms with Crippen LogP contribution in [-0.2, 0) is 0 Å². The Hall–Kier alpha value is -2.20. The molecule has 0 unspecified atom stereocenters. The number of benzene rings is 2. The average molecular weight is 305 g/mol. The molecule has 2 rings (SSSR count). The fourth-order valence-electron chi connectivity index (χ4n) is 1.90. The third kappa shape index (κ3) is 3.67. The van der Waals surface area contributed by atoms with E-state index in [4.69, 9.17) is 22.1 Å². The summed E-state index contributed by atoms with van der Waals surface area (Å²) >= 11 is 5.93. The van der Waals surface area contributed by atoms with Gasteiger partial charge < -0.3 is 15.8 Å². The van der Waals surface area contributed by atoms with Crippen LogP contribution in [0.2, 0.25) is 5.02 Å². The largest absolute Gasteiger partial charge is 0.494 e. The first-order chi connectivity index (χ1) is 10.0. The number of nitrogen functional groups attached to an aromatic ring is 1. The lowest BCUT2D eigenvalue weighted by molar-refractivity contribution is 0.102. The van der Waals surface area contributed by atoms with Gasteiger partial charge in [0, 0.05) is 11.3 Å². The van der Waals surface area contributed by atoms with Gasteiger partial charge in [0.25, 0.3) is 5.91 Å². The van der Waals surface area contributed by atoms with E-state index < -0.39 is 0 Å². The fourth-order valence-corrected chi connectivity index (χ4v) is 2.08. The van der Waals surface area contributed by atoms with Crippen molar-refractivity contribution < 1.29 is 9.53 Å². The second kappa shape index (κ2) is 6.50. The number of halogens is 1. The van der Waals surface area contributed by atoms with Crippen molar-refractivity contribution in [3.63, 3.8) is 0 Å². The second-order valence-corrected chi connectivity index (χ2v) is 5.01. The Kier molecular flexibility index (Phi) is 4.70. The monoisotopic (exact) mass is 304 g/mol. The molecule has 0 fully saturated rings. The zero-order valence-corrected chi connectivity index (χ0v) is 12.7. The van der Waals surface area contributed by atoms with Gasteiger partial charge in [-0.2, -0.15) is 0 Å². The number of ether oxygens (including phenoxy) is 1. The maximum absolute atomic E-state index is 12.2. The van der Waals surface area contributed by atoms with Crippen molar-refractivity contribution in [2.45, 2.75) is 13.8 Å². The van der Waals surface area contributed by atoms with Crippen LogP contribution in [0.5, 0.6) is 5.75 Å². The molecule has 0 aliphatic carbocycles. The number of hydrogen-bond acceptors (Lipinski definition) is 3. The second-order valence-electron chi connectivity index (χ2n) is 4.60. The van der Waals surface area contributed by atoms with Gasteiger partial charge in [-0.3, -0.25) is 4.79 Å². The smallest absolute Gasteiger partial charge is 0.255 e. The van der Waals surface area contributed by atoms with E-state index in [0.29, 0.717) is 22.9 Å². The van der Waals surface area contributed by atoms with E-state index in [1.165, 1.54) is 0 Å². The number of carbonyl (C=O) groups is 1. The van der Waals surface area contributed by atoms with Crippen molar-refractivity contribution in [2.75, 3.05) is 17.7 Å². The summed E-state index contributed by atoms with van der Waals surface area (Å²) in [6.07, 6.45) is 0. The van der Waals surface area contributed by atoms with E-state index in [1.807, 2.05) is 32.0 Å². The summed E-state index contributed by atoms with van der Waals surface area (Å²) in [6, 6.07) is 10.3. The Balaban J connectivity index is 2.17. The standard InChI is InChI=1S/C16H17ClN2O2/c1-3-21-12-5-7-15(10(2)8-12)19-16(20)11-4-6-14(18)13(17)9-11/h4-9H,3,18H2,1-2H3,(H,19,20). The Morgan fingerprint density at radius 3 is 2.67 bits per heavy atom. The maximum atomic E-state index is 12.2. The molecule has 0 heterocycles. The fraction of sp³-hybridized carbons (Fsp3) is 0.188. The van der Waals surface area contributed by atoms with Gasteiger partial charge in [0.05, 0.1) is 17.3 Å². The third-order valence-electron chi connectivity index (χ3n) is 3.02. The first kappa shape index (κ1) is 15.2. The van der Waals surface area contributed by atoms with E-state index in [9.17, 15) is 4.79 Å². The molecule has 2 aromatic rings. The predicted octanol–water partition coefficient (Wildman–Crippen LogP) is 3.88. The Morgan fingerprint density at radius 1 is 1.29 bits per heavy atom. The minimum Gasteiger partial charge on any atom is -0.494 e. The molecule has 3 N–H and O–H groups in total. The van der Waals surface area contributed by atoms with Gasteiger partial charge in [-0.25, -0.2) is 0 Å². The first-order valence-electron chi connectivity index (χ1n) is 6.61.